The zero-order valence-corrected chi connectivity index (χ0v) is 8.76. The number of aromatic nitrogens is 1. The van der Waals surface area contributed by atoms with Gasteiger partial charge in [-0.25, -0.2) is 9.78 Å². The van der Waals surface area contributed by atoms with Crippen LogP contribution in [0.2, 0.25) is 0 Å². The predicted octanol–water partition coefficient (Wildman–Crippen LogP) is 1.54. The maximum Gasteiger partial charge on any atom is 0.358 e. The normalized spacial score (nSPS) is 14.8. The molecular formula is C11H13NO4. The molecule has 1 aromatic heterocycles. The summed E-state index contributed by atoms with van der Waals surface area (Å²) in [6.07, 6.45) is 3.85. The lowest BCUT2D eigenvalue weighted by molar-refractivity contribution is 0.00891. The van der Waals surface area contributed by atoms with Gasteiger partial charge in [-0.15, -0.1) is 0 Å². The molecule has 0 aliphatic heterocycles. The molecule has 1 aromatic rings. The van der Waals surface area contributed by atoms with Gasteiger partial charge in [-0.3, -0.25) is 0 Å². The molecule has 0 unspecified atom stereocenters. The summed E-state index contributed by atoms with van der Waals surface area (Å²) in [6, 6.07) is 3.19. The van der Waals surface area contributed by atoms with Crippen molar-refractivity contribution < 1.29 is 19.4 Å². The Morgan fingerprint density at radius 1 is 1.56 bits per heavy atom. The topological polar surface area (TPSA) is 68.7 Å². The third-order valence-corrected chi connectivity index (χ3v) is 2.32. The Labute approximate surface area is 93.0 Å². The molecule has 1 saturated carbocycles. The molecule has 86 valence electrons. The van der Waals surface area contributed by atoms with Crippen molar-refractivity contribution in [1.29, 1.82) is 0 Å². The van der Waals surface area contributed by atoms with Crippen molar-refractivity contribution >= 4 is 5.97 Å². The summed E-state index contributed by atoms with van der Waals surface area (Å²) in [5.74, 6) is -0.194. The SMILES string of the molecule is O=C(O)c1ncccc1OCOCC1CC1. The van der Waals surface area contributed by atoms with Crippen molar-refractivity contribution in [3.05, 3.63) is 24.0 Å². The molecule has 1 heterocycles. The zero-order chi connectivity index (χ0) is 11.4. The van der Waals surface area contributed by atoms with Gasteiger partial charge in [-0.1, -0.05) is 0 Å². The van der Waals surface area contributed by atoms with E-state index in [-0.39, 0.29) is 18.2 Å². The summed E-state index contributed by atoms with van der Waals surface area (Å²) in [5, 5.41) is 8.84. The van der Waals surface area contributed by atoms with Gasteiger partial charge in [0.05, 0.1) is 6.61 Å². The van der Waals surface area contributed by atoms with Gasteiger partial charge in [-0.2, -0.15) is 0 Å². The number of rotatable bonds is 6. The molecule has 1 N–H and O–H groups in total. The Bertz CT molecular complexity index is 376. The minimum atomic E-state index is -1.10. The van der Waals surface area contributed by atoms with Crippen LogP contribution >= 0.6 is 0 Å². The first-order valence-corrected chi connectivity index (χ1v) is 5.16. The minimum absolute atomic E-state index is 0.0719. The van der Waals surface area contributed by atoms with Crippen molar-refractivity contribution in [2.45, 2.75) is 12.8 Å². The van der Waals surface area contributed by atoms with Crippen molar-refractivity contribution in [3.63, 3.8) is 0 Å². The van der Waals surface area contributed by atoms with Crippen LogP contribution in [-0.2, 0) is 4.74 Å². The van der Waals surface area contributed by atoms with Crippen LogP contribution in [0.15, 0.2) is 18.3 Å². The summed E-state index contributed by atoms with van der Waals surface area (Å²) in [6.45, 7) is 0.755. The zero-order valence-electron chi connectivity index (χ0n) is 8.76. The first-order chi connectivity index (χ1) is 7.77. The van der Waals surface area contributed by atoms with Gasteiger partial charge in [0.1, 0.15) is 0 Å². The fourth-order valence-electron chi connectivity index (χ4n) is 1.27. The van der Waals surface area contributed by atoms with Crippen LogP contribution in [0.1, 0.15) is 23.3 Å². The largest absolute Gasteiger partial charge is 0.476 e. The fraction of sp³-hybridized carbons (Fsp3) is 0.455. The molecule has 5 heteroatoms. The van der Waals surface area contributed by atoms with Crippen LogP contribution in [0.3, 0.4) is 0 Å². The summed E-state index contributed by atoms with van der Waals surface area (Å²) < 4.78 is 10.5. The van der Waals surface area contributed by atoms with E-state index in [4.69, 9.17) is 14.6 Å². The molecule has 0 bridgehead atoms. The average Bonchev–Trinajstić information content (AvgIpc) is 3.08. The molecule has 1 fully saturated rings. The Morgan fingerprint density at radius 2 is 2.38 bits per heavy atom. The molecule has 0 aromatic carbocycles. The highest BCUT2D eigenvalue weighted by Gasteiger charge is 2.21. The van der Waals surface area contributed by atoms with Crippen LogP contribution in [-0.4, -0.2) is 29.5 Å². The first kappa shape index (κ1) is 10.9. The van der Waals surface area contributed by atoms with Gasteiger partial charge in [-0.05, 0) is 30.9 Å². The molecule has 16 heavy (non-hydrogen) atoms. The monoisotopic (exact) mass is 223 g/mol. The second-order valence-corrected chi connectivity index (χ2v) is 3.73. The Balaban J connectivity index is 1.84. The van der Waals surface area contributed by atoms with Crippen LogP contribution in [0.5, 0.6) is 5.75 Å². The molecule has 0 spiro atoms. The van der Waals surface area contributed by atoms with Crippen molar-refractivity contribution in [3.8, 4) is 5.75 Å². The molecule has 0 radical (unpaired) electrons. The standard InChI is InChI=1S/C11H13NO4/c13-11(14)10-9(2-1-5-12-10)16-7-15-6-8-3-4-8/h1-2,5,8H,3-4,6-7H2,(H,13,14). The number of pyridine rings is 1. The van der Waals surface area contributed by atoms with Crippen LogP contribution < -0.4 is 4.74 Å². The lowest BCUT2D eigenvalue weighted by atomic mass is 10.3. The Hall–Kier alpha value is -1.62. The highest BCUT2D eigenvalue weighted by molar-refractivity contribution is 5.88. The summed E-state index contributed by atoms with van der Waals surface area (Å²) in [5.41, 5.74) is -0.0856. The number of hydrogen-bond donors (Lipinski definition) is 1. The molecule has 2 rings (SSSR count). The third-order valence-electron chi connectivity index (χ3n) is 2.32. The smallest absolute Gasteiger partial charge is 0.358 e. The second-order valence-electron chi connectivity index (χ2n) is 3.73. The average molecular weight is 223 g/mol. The number of carboxylic acid groups (broad SMARTS) is 1. The van der Waals surface area contributed by atoms with E-state index in [2.05, 4.69) is 4.98 Å². The molecule has 0 amide bonds. The van der Waals surface area contributed by atoms with Gasteiger partial charge in [0.2, 0.25) is 0 Å². The minimum Gasteiger partial charge on any atom is -0.476 e. The maximum atomic E-state index is 10.8. The number of aromatic carboxylic acids is 1. The molecule has 0 saturated heterocycles. The van der Waals surface area contributed by atoms with E-state index < -0.39 is 5.97 Å². The van der Waals surface area contributed by atoms with Crippen molar-refractivity contribution in [1.82, 2.24) is 4.98 Å². The van der Waals surface area contributed by atoms with Crippen molar-refractivity contribution in [2.24, 2.45) is 5.92 Å². The second kappa shape index (κ2) is 4.94. The number of ether oxygens (including phenoxy) is 2. The summed E-state index contributed by atoms with van der Waals surface area (Å²) in [4.78, 5) is 14.5. The molecule has 1 aliphatic rings. The fourth-order valence-corrected chi connectivity index (χ4v) is 1.27. The van der Waals surface area contributed by atoms with E-state index in [1.54, 1.807) is 12.1 Å². The van der Waals surface area contributed by atoms with Crippen LogP contribution in [0.4, 0.5) is 0 Å². The number of nitrogens with zero attached hydrogens (tertiary/aromatic N) is 1. The lowest BCUT2D eigenvalue weighted by Gasteiger charge is -2.08. The number of carbonyl (C=O) groups is 1. The highest BCUT2D eigenvalue weighted by atomic mass is 16.7. The van der Waals surface area contributed by atoms with Gasteiger partial charge < -0.3 is 14.6 Å². The summed E-state index contributed by atoms with van der Waals surface area (Å²) in [7, 11) is 0. The lowest BCUT2D eigenvalue weighted by Crippen LogP contribution is -2.09. The van der Waals surface area contributed by atoms with E-state index in [9.17, 15) is 4.79 Å². The van der Waals surface area contributed by atoms with Gasteiger partial charge in [0, 0.05) is 6.20 Å². The third kappa shape index (κ3) is 2.93. The molecule has 0 atom stereocenters. The quantitative estimate of drug-likeness (QED) is 0.585. The maximum absolute atomic E-state index is 10.8. The van der Waals surface area contributed by atoms with E-state index in [0.29, 0.717) is 12.5 Å². The first-order valence-electron chi connectivity index (χ1n) is 5.16. The highest BCUT2D eigenvalue weighted by Crippen LogP contribution is 2.28. The number of carboxylic acids is 1. The molecule has 1 aliphatic carbocycles. The van der Waals surface area contributed by atoms with E-state index in [1.807, 2.05) is 0 Å². The van der Waals surface area contributed by atoms with E-state index >= 15 is 0 Å². The van der Waals surface area contributed by atoms with Crippen LogP contribution in [0.25, 0.3) is 0 Å². The predicted molar refractivity (Wildman–Crippen MR) is 55.4 cm³/mol. The van der Waals surface area contributed by atoms with Gasteiger partial charge in [0.15, 0.2) is 18.2 Å². The van der Waals surface area contributed by atoms with E-state index in [1.165, 1.54) is 19.0 Å². The van der Waals surface area contributed by atoms with E-state index in [0.717, 1.165) is 0 Å². The van der Waals surface area contributed by atoms with Gasteiger partial charge >= 0.3 is 5.97 Å². The molecular weight excluding hydrogens is 210 g/mol. The summed E-state index contributed by atoms with van der Waals surface area (Å²) >= 11 is 0. The number of hydrogen-bond acceptors (Lipinski definition) is 4. The Morgan fingerprint density at radius 3 is 3.06 bits per heavy atom. The van der Waals surface area contributed by atoms with Crippen LogP contribution in [0, 0.1) is 5.92 Å². The van der Waals surface area contributed by atoms with Crippen molar-refractivity contribution in [2.75, 3.05) is 13.4 Å². The Kier molecular flexibility index (Phi) is 3.36. The molecule has 5 nitrogen and oxygen atoms in total. The van der Waals surface area contributed by atoms with Gasteiger partial charge in [0.25, 0.3) is 0 Å².